The average Bonchev–Trinajstić information content (AvgIpc) is 3.22. The topological polar surface area (TPSA) is 71.8 Å². The van der Waals surface area contributed by atoms with Crippen molar-refractivity contribution in [2.45, 2.75) is 13.0 Å². The van der Waals surface area contributed by atoms with Crippen molar-refractivity contribution in [2.75, 3.05) is 10.6 Å². The lowest BCUT2D eigenvalue weighted by molar-refractivity contribution is 0.102. The van der Waals surface area contributed by atoms with E-state index in [1.807, 2.05) is 55.5 Å². The maximum Gasteiger partial charge on any atom is 0.258 e. The highest BCUT2D eigenvalue weighted by Crippen LogP contribution is 2.37. The maximum absolute atomic E-state index is 14.9. The van der Waals surface area contributed by atoms with Gasteiger partial charge in [0.1, 0.15) is 11.9 Å². The molecule has 0 aliphatic carbocycles. The normalized spacial score (nSPS) is 14.8. The predicted molar refractivity (Wildman–Crippen MR) is 127 cm³/mol. The van der Waals surface area contributed by atoms with Crippen LogP contribution in [-0.2, 0) is 0 Å². The summed E-state index contributed by atoms with van der Waals surface area (Å²) in [6.45, 7) is 1.91. The Kier molecular flexibility index (Phi) is 5.40. The number of carbonyl (C=O) groups is 1. The van der Waals surface area contributed by atoms with E-state index in [2.05, 4.69) is 20.7 Å². The molecule has 33 heavy (non-hydrogen) atoms. The van der Waals surface area contributed by atoms with Gasteiger partial charge in [0.05, 0.1) is 0 Å². The highest BCUT2D eigenvalue weighted by molar-refractivity contribution is 6.31. The number of hydrogen-bond acceptors (Lipinski definition) is 4. The smallest absolute Gasteiger partial charge is 0.258 e. The van der Waals surface area contributed by atoms with Crippen LogP contribution in [0.15, 0.2) is 78.9 Å². The molecule has 0 saturated carbocycles. The third kappa shape index (κ3) is 4.10. The van der Waals surface area contributed by atoms with Gasteiger partial charge in [0.15, 0.2) is 0 Å². The molecule has 0 unspecified atom stereocenters. The minimum Gasteiger partial charge on any atom is -0.324 e. The van der Waals surface area contributed by atoms with E-state index in [-0.39, 0.29) is 22.4 Å². The van der Waals surface area contributed by atoms with Crippen molar-refractivity contribution < 1.29 is 9.18 Å². The standard InChI is InChI=1S/C25H19ClFN5O/c1-15-7-5-10-17(13-15)23(33)29-24-30-25-28-20(16-8-3-2-4-9-16)14-21(32(25)31-24)22-18(26)11-6-12-19(22)27/h2-14,21H,1H3,(H2,28,29,30,31,33)/t21-/m1/s1. The first-order chi connectivity index (χ1) is 16.0. The third-order valence-corrected chi connectivity index (χ3v) is 5.68. The number of nitrogens with one attached hydrogen (secondary N) is 2. The number of carbonyl (C=O) groups excluding carboxylic acids is 1. The van der Waals surface area contributed by atoms with E-state index in [4.69, 9.17) is 11.6 Å². The maximum atomic E-state index is 14.9. The Balaban J connectivity index is 1.55. The number of anilines is 2. The number of nitrogens with zero attached hydrogens (tertiary/aromatic N) is 3. The number of fused-ring (bicyclic) bond motifs is 1. The fourth-order valence-corrected chi connectivity index (χ4v) is 4.07. The lowest BCUT2D eigenvalue weighted by Crippen LogP contribution is -2.21. The van der Waals surface area contributed by atoms with Crippen LogP contribution < -0.4 is 10.6 Å². The highest BCUT2D eigenvalue weighted by Gasteiger charge is 2.29. The highest BCUT2D eigenvalue weighted by atomic mass is 35.5. The third-order valence-electron chi connectivity index (χ3n) is 5.35. The van der Waals surface area contributed by atoms with Gasteiger partial charge in [0.25, 0.3) is 11.9 Å². The van der Waals surface area contributed by atoms with Gasteiger partial charge in [0.2, 0.25) is 5.95 Å². The Morgan fingerprint density at radius 2 is 1.88 bits per heavy atom. The molecular weight excluding hydrogens is 441 g/mol. The van der Waals surface area contributed by atoms with Gasteiger partial charge >= 0.3 is 0 Å². The van der Waals surface area contributed by atoms with Crippen LogP contribution in [0.1, 0.15) is 33.1 Å². The molecule has 164 valence electrons. The minimum absolute atomic E-state index is 0.101. The molecule has 3 aromatic carbocycles. The molecule has 0 radical (unpaired) electrons. The van der Waals surface area contributed by atoms with Crippen LogP contribution in [0.2, 0.25) is 5.02 Å². The molecule has 8 heteroatoms. The number of amides is 1. The van der Waals surface area contributed by atoms with Crippen molar-refractivity contribution in [3.05, 3.63) is 112 Å². The molecule has 0 spiro atoms. The fraction of sp³-hybridized carbons (Fsp3) is 0.0800. The van der Waals surface area contributed by atoms with Crippen molar-refractivity contribution in [2.24, 2.45) is 0 Å². The second kappa shape index (κ2) is 8.52. The van der Waals surface area contributed by atoms with Crippen LogP contribution in [0.25, 0.3) is 5.70 Å². The number of halogens is 2. The Labute approximate surface area is 194 Å². The van der Waals surface area contributed by atoms with Crippen LogP contribution in [0.5, 0.6) is 0 Å². The van der Waals surface area contributed by atoms with Crippen LogP contribution >= 0.6 is 11.6 Å². The van der Waals surface area contributed by atoms with Gasteiger partial charge in [-0.1, -0.05) is 65.7 Å². The van der Waals surface area contributed by atoms with Crippen LogP contribution in [0, 0.1) is 12.7 Å². The van der Waals surface area contributed by atoms with E-state index in [1.54, 1.807) is 24.3 Å². The van der Waals surface area contributed by atoms with Gasteiger partial charge in [-0.3, -0.25) is 10.1 Å². The van der Waals surface area contributed by atoms with E-state index in [9.17, 15) is 9.18 Å². The van der Waals surface area contributed by atoms with E-state index >= 15 is 0 Å². The van der Waals surface area contributed by atoms with Gasteiger partial charge in [-0.05, 0) is 42.8 Å². The first-order valence-corrected chi connectivity index (χ1v) is 10.7. The first kappa shape index (κ1) is 20.9. The van der Waals surface area contributed by atoms with Crippen LogP contribution in [0.3, 0.4) is 0 Å². The van der Waals surface area contributed by atoms with Crippen molar-refractivity contribution in [1.82, 2.24) is 14.8 Å². The number of benzene rings is 3. The molecule has 1 aliphatic heterocycles. The monoisotopic (exact) mass is 459 g/mol. The number of rotatable bonds is 4. The van der Waals surface area contributed by atoms with Gasteiger partial charge < -0.3 is 5.32 Å². The largest absolute Gasteiger partial charge is 0.324 e. The summed E-state index contributed by atoms with van der Waals surface area (Å²) in [6, 6.07) is 20.7. The molecule has 0 fully saturated rings. The molecule has 1 atom stereocenters. The quantitative estimate of drug-likeness (QED) is 0.411. The molecule has 2 heterocycles. The van der Waals surface area contributed by atoms with Crippen LogP contribution in [-0.4, -0.2) is 20.7 Å². The summed E-state index contributed by atoms with van der Waals surface area (Å²) in [4.78, 5) is 17.2. The van der Waals surface area contributed by atoms with E-state index in [1.165, 1.54) is 10.7 Å². The van der Waals surface area contributed by atoms with Gasteiger partial charge in [-0.2, -0.15) is 4.98 Å². The zero-order valence-electron chi connectivity index (χ0n) is 17.6. The molecule has 1 aliphatic rings. The van der Waals surface area contributed by atoms with E-state index in [0.29, 0.717) is 11.5 Å². The second-order valence-corrected chi connectivity index (χ2v) is 8.09. The zero-order valence-corrected chi connectivity index (χ0v) is 18.3. The number of aromatic nitrogens is 3. The molecule has 1 aromatic heterocycles. The number of hydrogen-bond donors (Lipinski definition) is 2. The van der Waals surface area contributed by atoms with Crippen molar-refractivity contribution >= 4 is 35.1 Å². The van der Waals surface area contributed by atoms with Gasteiger partial charge in [-0.25, -0.2) is 9.07 Å². The summed E-state index contributed by atoms with van der Waals surface area (Å²) in [7, 11) is 0. The summed E-state index contributed by atoms with van der Waals surface area (Å²) >= 11 is 6.39. The Morgan fingerprint density at radius 1 is 1.09 bits per heavy atom. The van der Waals surface area contributed by atoms with Crippen molar-refractivity contribution in [3.63, 3.8) is 0 Å². The average molecular weight is 460 g/mol. The minimum atomic E-state index is -0.665. The zero-order chi connectivity index (χ0) is 22.9. The lowest BCUT2D eigenvalue weighted by atomic mass is 10.0. The molecule has 1 amide bonds. The van der Waals surface area contributed by atoms with E-state index < -0.39 is 11.9 Å². The number of aryl methyl sites for hydroxylation is 1. The Bertz CT molecular complexity index is 1360. The Morgan fingerprint density at radius 3 is 2.64 bits per heavy atom. The van der Waals surface area contributed by atoms with Gasteiger partial charge in [0, 0.05) is 21.8 Å². The van der Waals surface area contributed by atoms with E-state index in [0.717, 1.165) is 16.8 Å². The van der Waals surface area contributed by atoms with Crippen molar-refractivity contribution in [3.8, 4) is 0 Å². The predicted octanol–water partition coefficient (Wildman–Crippen LogP) is 5.69. The fourth-order valence-electron chi connectivity index (χ4n) is 3.79. The molecule has 0 saturated heterocycles. The summed E-state index contributed by atoms with van der Waals surface area (Å²) in [5.41, 5.74) is 3.36. The summed E-state index contributed by atoms with van der Waals surface area (Å²) in [5, 5.41) is 10.7. The summed E-state index contributed by atoms with van der Waals surface area (Å²) in [5.74, 6) is -0.326. The first-order valence-electron chi connectivity index (χ1n) is 10.3. The SMILES string of the molecule is Cc1cccc(C(=O)Nc2nc3n(n2)[C@@H](c2c(F)cccc2Cl)C=C(c2ccccc2)N3)c1. The van der Waals surface area contributed by atoms with Gasteiger partial charge in [-0.15, -0.1) is 5.10 Å². The Hall–Kier alpha value is -3.97. The second-order valence-electron chi connectivity index (χ2n) is 7.68. The summed E-state index contributed by atoms with van der Waals surface area (Å²) < 4.78 is 16.4. The van der Waals surface area contributed by atoms with Crippen molar-refractivity contribution in [1.29, 1.82) is 0 Å². The molecular formula is C25H19ClFN5O. The molecule has 6 nitrogen and oxygen atoms in total. The molecule has 5 rings (SSSR count). The summed E-state index contributed by atoms with van der Waals surface area (Å²) in [6.07, 6.45) is 1.84. The lowest BCUT2D eigenvalue weighted by Gasteiger charge is -2.25. The molecule has 0 bridgehead atoms. The number of allylic oxidation sites excluding steroid dienone is 1. The molecule has 2 N–H and O–H groups in total. The van der Waals surface area contributed by atoms with Crippen LogP contribution in [0.4, 0.5) is 16.3 Å². The molecule has 4 aromatic rings.